The first-order valence-electron chi connectivity index (χ1n) is 12.0. The van der Waals surface area contributed by atoms with Gasteiger partial charge in [-0.25, -0.2) is 4.98 Å². The van der Waals surface area contributed by atoms with Gasteiger partial charge in [0.2, 0.25) is 23.8 Å². The number of imidazole rings is 1. The average Bonchev–Trinajstić information content (AvgIpc) is 3.21. The predicted octanol–water partition coefficient (Wildman–Crippen LogP) is 3.93. The molecule has 0 unspecified atom stereocenters. The van der Waals surface area contributed by atoms with E-state index in [-0.39, 0.29) is 0 Å². The summed E-state index contributed by atoms with van der Waals surface area (Å²) in [5.41, 5.74) is 4.04. The molecule has 1 aliphatic heterocycles. The molecular weight excluding hydrogens is 442 g/mol. The van der Waals surface area contributed by atoms with E-state index < -0.39 is 0 Å². The maximum Gasteiger partial charge on any atom is 0.236 e. The highest BCUT2D eigenvalue weighted by Crippen LogP contribution is 2.24. The standard InChI is InChI=1S/C25H31N9O/c1-4-33(5-2)25-30-22(26-18-10-12-19(13-11-18)34-14-16-35-17-15-34)28-23(31-25)29-24-27-20-8-6-7-9-21(20)32(24)3/h6-13H,4-5,14-17H2,1-3H3,(H2,26,27,28,29,30,31). The molecule has 0 aliphatic carbocycles. The normalized spacial score (nSPS) is 13.7. The monoisotopic (exact) mass is 473 g/mol. The molecule has 10 nitrogen and oxygen atoms in total. The number of rotatable bonds is 8. The van der Waals surface area contributed by atoms with Crippen LogP contribution in [0.4, 0.5) is 35.2 Å². The topological polar surface area (TPSA) is 96.3 Å². The van der Waals surface area contributed by atoms with Gasteiger partial charge in [-0.05, 0) is 50.2 Å². The molecule has 0 radical (unpaired) electrons. The minimum atomic E-state index is 0.438. The van der Waals surface area contributed by atoms with Crippen LogP contribution in [0, 0.1) is 0 Å². The van der Waals surface area contributed by atoms with Crippen LogP contribution in [-0.2, 0) is 11.8 Å². The smallest absolute Gasteiger partial charge is 0.236 e. The van der Waals surface area contributed by atoms with E-state index in [1.807, 2.05) is 48.0 Å². The van der Waals surface area contributed by atoms with Gasteiger partial charge in [-0.2, -0.15) is 15.0 Å². The van der Waals surface area contributed by atoms with Crippen molar-refractivity contribution in [1.82, 2.24) is 24.5 Å². The summed E-state index contributed by atoms with van der Waals surface area (Å²) in [6, 6.07) is 16.3. The Labute approximate surface area is 205 Å². The molecule has 2 aromatic heterocycles. The van der Waals surface area contributed by atoms with Gasteiger partial charge in [0.1, 0.15) is 0 Å². The van der Waals surface area contributed by atoms with Crippen molar-refractivity contribution in [2.45, 2.75) is 13.8 Å². The second kappa shape index (κ2) is 10.1. The summed E-state index contributed by atoms with van der Waals surface area (Å²) >= 11 is 0. The van der Waals surface area contributed by atoms with Crippen molar-refractivity contribution < 1.29 is 4.74 Å². The number of fused-ring (bicyclic) bond motifs is 1. The van der Waals surface area contributed by atoms with Gasteiger partial charge in [0, 0.05) is 44.6 Å². The zero-order valence-corrected chi connectivity index (χ0v) is 20.4. The molecule has 2 N–H and O–H groups in total. The first-order valence-corrected chi connectivity index (χ1v) is 12.0. The second-order valence-electron chi connectivity index (χ2n) is 8.33. The molecule has 1 saturated heterocycles. The Morgan fingerprint density at radius 2 is 1.54 bits per heavy atom. The second-order valence-corrected chi connectivity index (χ2v) is 8.33. The number of morpholine rings is 1. The third-order valence-corrected chi connectivity index (χ3v) is 6.18. The molecule has 0 saturated carbocycles. The maximum absolute atomic E-state index is 5.46. The summed E-state index contributed by atoms with van der Waals surface area (Å²) < 4.78 is 7.45. The molecule has 2 aromatic carbocycles. The number of benzene rings is 2. The van der Waals surface area contributed by atoms with Crippen molar-refractivity contribution in [1.29, 1.82) is 0 Å². The Morgan fingerprint density at radius 3 is 2.23 bits per heavy atom. The number of anilines is 6. The summed E-state index contributed by atoms with van der Waals surface area (Å²) in [5.74, 6) is 2.19. The highest BCUT2D eigenvalue weighted by molar-refractivity contribution is 5.79. The number of para-hydroxylation sites is 2. The Hall–Kier alpha value is -3.92. The van der Waals surface area contributed by atoms with Crippen molar-refractivity contribution in [2.24, 2.45) is 7.05 Å². The van der Waals surface area contributed by atoms with E-state index in [1.54, 1.807) is 0 Å². The van der Waals surface area contributed by atoms with E-state index >= 15 is 0 Å². The average molecular weight is 474 g/mol. The van der Waals surface area contributed by atoms with Crippen molar-refractivity contribution in [3.63, 3.8) is 0 Å². The van der Waals surface area contributed by atoms with Crippen LogP contribution in [0.25, 0.3) is 11.0 Å². The fourth-order valence-electron chi connectivity index (χ4n) is 4.19. The van der Waals surface area contributed by atoms with Crippen LogP contribution < -0.4 is 20.4 Å². The molecule has 0 bridgehead atoms. The van der Waals surface area contributed by atoms with Crippen LogP contribution >= 0.6 is 0 Å². The summed E-state index contributed by atoms with van der Waals surface area (Å²) in [7, 11) is 1.97. The van der Waals surface area contributed by atoms with Gasteiger partial charge in [-0.1, -0.05) is 12.1 Å². The molecule has 1 aliphatic rings. The number of aryl methyl sites for hydroxylation is 1. The highest BCUT2D eigenvalue weighted by Gasteiger charge is 2.15. The van der Waals surface area contributed by atoms with Crippen molar-refractivity contribution >= 4 is 46.2 Å². The first kappa shape index (κ1) is 22.9. The molecule has 0 spiro atoms. The van der Waals surface area contributed by atoms with Crippen molar-refractivity contribution in [2.75, 3.05) is 59.8 Å². The molecule has 0 amide bonds. The Balaban J connectivity index is 1.42. The number of ether oxygens (including phenoxy) is 1. The van der Waals surface area contributed by atoms with Crippen LogP contribution in [0.3, 0.4) is 0 Å². The summed E-state index contributed by atoms with van der Waals surface area (Å²) in [4.78, 5) is 23.1. The van der Waals surface area contributed by atoms with E-state index in [2.05, 4.69) is 61.4 Å². The molecule has 182 valence electrons. The van der Waals surface area contributed by atoms with Gasteiger partial charge < -0.3 is 24.4 Å². The molecule has 4 aromatic rings. The number of aromatic nitrogens is 5. The number of nitrogens with zero attached hydrogens (tertiary/aromatic N) is 7. The van der Waals surface area contributed by atoms with Crippen molar-refractivity contribution in [3.05, 3.63) is 48.5 Å². The first-order chi connectivity index (χ1) is 17.1. The molecule has 5 rings (SSSR count). The zero-order valence-electron chi connectivity index (χ0n) is 20.4. The number of hydrogen-bond acceptors (Lipinski definition) is 9. The van der Waals surface area contributed by atoms with E-state index in [0.717, 1.165) is 56.1 Å². The molecule has 10 heteroatoms. The lowest BCUT2D eigenvalue weighted by molar-refractivity contribution is 0.122. The van der Waals surface area contributed by atoms with Gasteiger partial charge in [0.25, 0.3) is 0 Å². The quantitative estimate of drug-likeness (QED) is 0.395. The van der Waals surface area contributed by atoms with E-state index in [0.29, 0.717) is 23.8 Å². The van der Waals surface area contributed by atoms with Gasteiger partial charge >= 0.3 is 0 Å². The summed E-state index contributed by atoms with van der Waals surface area (Å²) in [6.07, 6.45) is 0. The minimum absolute atomic E-state index is 0.438. The molecule has 0 atom stereocenters. The Bertz CT molecular complexity index is 1280. The lowest BCUT2D eigenvalue weighted by Gasteiger charge is -2.28. The third-order valence-electron chi connectivity index (χ3n) is 6.18. The maximum atomic E-state index is 5.46. The lowest BCUT2D eigenvalue weighted by Crippen LogP contribution is -2.36. The SMILES string of the molecule is CCN(CC)c1nc(Nc2ccc(N3CCOCC3)cc2)nc(Nc2nc3ccccc3n2C)n1. The van der Waals surface area contributed by atoms with Crippen LogP contribution in [0.15, 0.2) is 48.5 Å². The minimum Gasteiger partial charge on any atom is -0.378 e. The van der Waals surface area contributed by atoms with Gasteiger partial charge in [0.05, 0.1) is 24.2 Å². The summed E-state index contributed by atoms with van der Waals surface area (Å²) in [6.45, 7) is 9.10. The Kier molecular flexibility index (Phi) is 6.62. The lowest BCUT2D eigenvalue weighted by atomic mass is 10.2. The number of hydrogen-bond donors (Lipinski definition) is 2. The third kappa shape index (κ3) is 4.97. The summed E-state index contributed by atoms with van der Waals surface area (Å²) in [5, 5.41) is 6.63. The van der Waals surface area contributed by atoms with Crippen molar-refractivity contribution in [3.8, 4) is 0 Å². The van der Waals surface area contributed by atoms with Gasteiger partial charge in [0.15, 0.2) is 0 Å². The van der Waals surface area contributed by atoms with Gasteiger partial charge in [-0.15, -0.1) is 0 Å². The van der Waals surface area contributed by atoms with Crippen LogP contribution in [-0.4, -0.2) is 63.9 Å². The zero-order chi connectivity index (χ0) is 24.2. The molecule has 3 heterocycles. The van der Waals surface area contributed by atoms with E-state index in [1.165, 1.54) is 5.69 Å². The molecular formula is C25H31N9O. The van der Waals surface area contributed by atoms with E-state index in [9.17, 15) is 0 Å². The highest BCUT2D eigenvalue weighted by atomic mass is 16.5. The van der Waals surface area contributed by atoms with Gasteiger partial charge in [-0.3, -0.25) is 5.32 Å². The molecule has 35 heavy (non-hydrogen) atoms. The largest absolute Gasteiger partial charge is 0.378 e. The predicted molar refractivity (Wildman–Crippen MR) is 140 cm³/mol. The molecule has 1 fully saturated rings. The number of nitrogens with one attached hydrogen (secondary N) is 2. The van der Waals surface area contributed by atoms with Crippen LogP contribution in [0.2, 0.25) is 0 Å². The van der Waals surface area contributed by atoms with Crippen LogP contribution in [0.5, 0.6) is 0 Å². The fourth-order valence-corrected chi connectivity index (χ4v) is 4.19. The fraction of sp³-hybridized carbons (Fsp3) is 0.360. The van der Waals surface area contributed by atoms with E-state index in [4.69, 9.17) is 9.72 Å². The van der Waals surface area contributed by atoms with Crippen LogP contribution in [0.1, 0.15) is 13.8 Å². The Morgan fingerprint density at radius 1 is 0.857 bits per heavy atom.